The van der Waals surface area contributed by atoms with Gasteiger partial charge in [-0.1, -0.05) is 29.8 Å². The minimum Gasteiger partial charge on any atom is -0.297 e. The van der Waals surface area contributed by atoms with E-state index in [1.165, 1.54) is 28.0 Å². The topological polar surface area (TPSA) is 23.6 Å². The second kappa shape index (κ2) is 7.39. The van der Waals surface area contributed by atoms with E-state index in [2.05, 4.69) is 41.8 Å². The van der Waals surface area contributed by atoms with Crippen molar-refractivity contribution in [3.05, 3.63) is 57.3 Å². The zero-order chi connectivity index (χ0) is 16.2. The van der Waals surface area contributed by atoms with Gasteiger partial charge < -0.3 is 0 Å². The summed E-state index contributed by atoms with van der Waals surface area (Å²) in [7, 11) is 0. The Balaban J connectivity index is 1.50. The van der Waals surface area contributed by atoms with E-state index in [9.17, 15) is 4.79 Å². The molecule has 0 aliphatic carbocycles. The number of Topliss-reactive ketones (excluding diaryl/α,β-unsaturated/α-hetero) is 1. The molecule has 1 fully saturated rings. The van der Waals surface area contributed by atoms with E-state index in [-0.39, 0.29) is 5.78 Å². The van der Waals surface area contributed by atoms with E-state index >= 15 is 0 Å². The third-order valence-corrected chi connectivity index (χ3v) is 5.44. The summed E-state index contributed by atoms with van der Waals surface area (Å²) in [6.07, 6.45) is 0. The van der Waals surface area contributed by atoms with Crippen molar-refractivity contribution in [2.24, 2.45) is 0 Å². The molecule has 1 aromatic heterocycles. The smallest absolute Gasteiger partial charge is 0.186 e. The standard InChI is InChI=1S/C19H24N2OS/c1-15-5-6-16(2)17(12-15)13-20-7-9-21(10-8-20)14-18(22)19-4-3-11-23-19/h3-6,11-12H,7-10,13-14H2,1-2H3. The van der Waals surface area contributed by atoms with E-state index in [0.717, 1.165) is 37.6 Å². The van der Waals surface area contributed by atoms with Gasteiger partial charge in [0.25, 0.3) is 0 Å². The highest BCUT2D eigenvalue weighted by atomic mass is 32.1. The largest absolute Gasteiger partial charge is 0.297 e. The molecule has 0 atom stereocenters. The number of carbonyl (C=O) groups excluding carboxylic acids is 1. The summed E-state index contributed by atoms with van der Waals surface area (Å²) in [6.45, 7) is 9.92. The highest BCUT2D eigenvalue weighted by Gasteiger charge is 2.20. The van der Waals surface area contributed by atoms with Crippen LogP contribution in [0.2, 0.25) is 0 Å². The Morgan fingerprint density at radius 2 is 1.83 bits per heavy atom. The number of ketones is 1. The summed E-state index contributed by atoms with van der Waals surface area (Å²) < 4.78 is 0. The molecule has 3 rings (SSSR count). The Kier molecular flexibility index (Phi) is 5.26. The van der Waals surface area contributed by atoms with Gasteiger partial charge in [0, 0.05) is 32.7 Å². The third-order valence-electron chi connectivity index (χ3n) is 4.53. The number of rotatable bonds is 5. The van der Waals surface area contributed by atoms with E-state index in [4.69, 9.17) is 0 Å². The molecular formula is C19H24N2OS. The Labute approximate surface area is 142 Å². The van der Waals surface area contributed by atoms with Crippen LogP contribution in [0.4, 0.5) is 0 Å². The van der Waals surface area contributed by atoms with Gasteiger partial charge >= 0.3 is 0 Å². The highest BCUT2D eigenvalue weighted by Crippen LogP contribution is 2.15. The van der Waals surface area contributed by atoms with Crippen LogP contribution in [0.15, 0.2) is 35.7 Å². The fourth-order valence-electron chi connectivity index (χ4n) is 3.04. The molecule has 1 aliphatic rings. The van der Waals surface area contributed by atoms with Gasteiger partial charge in [-0.2, -0.15) is 0 Å². The first-order valence-corrected chi connectivity index (χ1v) is 9.07. The highest BCUT2D eigenvalue weighted by molar-refractivity contribution is 7.12. The lowest BCUT2D eigenvalue weighted by Gasteiger charge is -2.34. The molecule has 4 heteroatoms. The summed E-state index contributed by atoms with van der Waals surface area (Å²) in [5, 5.41) is 1.97. The summed E-state index contributed by atoms with van der Waals surface area (Å²) in [6, 6.07) is 10.5. The van der Waals surface area contributed by atoms with Gasteiger partial charge in [-0.3, -0.25) is 14.6 Å². The summed E-state index contributed by atoms with van der Waals surface area (Å²) in [4.78, 5) is 17.8. The lowest BCUT2D eigenvalue weighted by molar-refractivity contribution is 0.0847. The van der Waals surface area contributed by atoms with Gasteiger partial charge in [0.2, 0.25) is 0 Å². The quantitative estimate of drug-likeness (QED) is 0.786. The molecule has 1 saturated heterocycles. The van der Waals surface area contributed by atoms with Crippen molar-refractivity contribution in [3.63, 3.8) is 0 Å². The van der Waals surface area contributed by atoms with Crippen molar-refractivity contribution in [1.82, 2.24) is 9.80 Å². The first kappa shape index (κ1) is 16.4. The number of hydrogen-bond donors (Lipinski definition) is 0. The van der Waals surface area contributed by atoms with Gasteiger partial charge in [0.15, 0.2) is 5.78 Å². The predicted molar refractivity (Wildman–Crippen MR) is 96.3 cm³/mol. The molecule has 3 nitrogen and oxygen atoms in total. The van der Waals surface area contributed by atoms with Gasteiger partial charge in [-0.05, 0) is 36.4 Å². The second-order valence-corrected chi connectivity index (χ2v) is 7.33. The Morgan fingerprint density at radius 1 is 1.09 bits per heavy atom. The molecule has 0 saturated carbocycles. The zero-order valence-corrected chi connectivity index (χ0v) is 14.7. The Morgan fingerprint density at radius 3 is 2.52 bits per heavy atom. The molecule has 122 valence electrons. The van der Waals surface area contributed by atoms with E-state index < -0.39 is 0 Å². The number of thiophene rings is 1. The average molecular weight is 328 g/mol. The van der Waals surface area contributed by atoms with Crippen LogP contribution in [-0.2, 0) is 6.54 Å². The van der Waals surface area contributed by atoms with Crippen molar-refractivity contribution < 1.29 is 4.79 Å². The van der Waals surface area contributed by atoms with Crippen molar-refractivity contribution in [3.8, 4) is 0 Å². The van der Waals surface area contributed by atoms with Crippen molar-refractivity contribution >= 4 is 17.1 Å². The zero-order valence-electron chi connectivity index (χ0n) is 13.9. The molecule has 23 heavy (non-hydrogen) atoms. The van der Waals surface area contributed by atoms with Crippen LogP contribution in [-0.4, -0.2) is 48.3 Å². The van der Waals surface area contributed by atoms with Crippen LogP contribution in [0.3, 0.4) is 0 Å². The molecule has 0 spiro atoms. The van der Waals surface area contributed by atoms with Crippen LogP contribution in [0, 0.1) is 13.8 Å². The fourth-order valence-corrected chi connectivity index (χ4v) is 3.69. The first-order valence-electron chi connectivity index (χ1n) is 8.19. The fraction of sp³-hybridized carbons (Fsp3) is 0.421. The van der Waals surface area contributed by atoms with Gasteiger partial charge in [0.05, 0.1) is 11.4 Å². The second-order valence-electron chi connectivity index (χ2n) is 6.38. The Hall–Kier alpha value is -1.49. The molecule has 0 bridgehead atoms. The lowest BCUT2D eigenvalue weighted by atomic mass is 10.0. The minimum absolute atomic E-state index is 0.253. The molecular weight excluding hydrogens is 304 g/mol. The number of hydrogen-bond acceptors (Lipinski definition) is 4. The number of piperazine rings is 1. The number of nitrogens with zero attached hydrogens (tertiary/aromatic N) is 2. The van der Waals surface area contributed by atoms with E-state index in [0.29, 0.717) is 6.54 Å². The van der Waals surface area contributed by atoms with Crippen LogP contribution in [0.25, 0.3) is 0 Å². The maximum Gasteiger partial charge on any atom is 0.186 e. The minimum atomic E-state index is 0.253. The molecule has 2 heterocycles. The van der Waals surface area contributed by atoms with Crippen molar-refractivity contribution in [2.75, 3.05) is 32.7 Å². The summed E-state index contributed by atoms with van der Waals surface area (Å²) in [5.41, 5.74) is 4.12. The van der Waals surface area contributed by atoms with Gasteiger partial charge in [-0.25, -0.2) is 0 Å². The molecule has 0 amide bonds. The van der Waals surface area contributed by atoms with E-state index in [1.807, 2.05) is 17.5 Å². The molecule has 2 aromatic rings. The monoisotopic (exact) mass is 328 g/mol. The normalized spacial score (nSPS) is 16.6. The average Bonchev–Trinajstić information content (AvgIpc) is 3.07. The van der Waals surface area contributed by atoms with Crippen LogP contribution in [0.5, 0.6) is 0 Å². The molecule has 0 radical (unpaired) electrons. The maximum absolute atomic E-state index is 12.2. The van der Waals surface area contributed by atoms with Gasteiger partial charge in [0.1, 0.15) is 0 Å². The Bertz CT molecular complexity index is 658. The predicted octanol–water partition coefficient (Wildman–Crippen LogP) is 3.37. The molecule has 0 unspecified atom stereocenters. The van der Waals surface area contributed by atoms with E-state index in [1.54, 1.807) is 0 Å². The summed E-state index contributed by atoms with van der Waals surface area (Å²) >= 11 is 1.54. The van der Waals surface area contributed by atoms with Gasteiger partial charge in [-0.15, -0.1) is 11.3 Å². The van der Waals surface area contributed by atoms with Crippen LogP contribution < -0.4 is 0 Å². The number of aryl methyl sites for hydroxylation is 2. The lowest BCUT2D eigenvalue weighted by Crippen LogP contribution is -2.47. The number of benzene rings is 1. The van der Waals surface area contributed by atoms with Crippen molar-refractivity contribution in [1.29, 1.82) is 0 Å². The maximum atomic E-state index is 12.2. The SMILES string of the molecule is Cc1ccc(C)c(CN2CCN(CC(=O)c3cccs3)CC2)c1. The third kappa shape index (κ3) is 4.28. The van der Waals surface area contributed by atoms with Crippen LogP contribution >= 0.6 is 11.3 Å². The molecule has 0 N–H and O–H groups in total. The number of carbonyl (C=O) groups is 1. The first-order chi connectivity index (χ1) is 11.1. The summed E-state index contributed by atoms with van der Waals surface area (Å²) in [5.74, 6) is 0.253. The molecule has 1 aromatic carbocycles. The van der Waals surface area contributed by atoms with Crippen molar-refractivity contribution in [2.45, 2.75) is 20.4 Å². The van der Waals surface area contributed by atoms with Crippen LogP contribution in [0.1, 0.15) is 26.4 Å². The molecule has 1 aliphatic heterocycles.